The molecule has 0 rings (SSSR count). The fourth-order valence-corrected chi connectivity index (χ4v) is 5.98. The molecule has 1 heteroatoms. The molecule has 0 saturated carbocycles. The van der Waals surface area contributed by atoms with Gasteiger partial charge in [-0.1, -0.05) is 0 Å². The molecule has 0 bridgehead atoms. The van der Waals surface area contributed by atoms with Crippen molar-refractivity contribution in [2.45, 2.75) is 60.3 Å². The van der Waals surface area contributed by atoms with E-state index in [0.717, 1.165) is 0 Å². The summed E-state index contributed by atoms with van der Waals surface area (Å²) >= 11 is -0.0699. The van der Waals surface area contributed by atoms with Gasteiger partial charge in [0.15, 0.2) is 0 Å². The van der Waals surface area contributed by atoms with E-state index in [1.165, 1.54) is 25.7 Å². The van der Waals surface area contributed by atoms with Gasteiger partial charge in [-0.25, -0.2) is 0 Å². The van der Waals surface area contributed by atoms with Gasteiger partial charge in [0, 0.05) is 0 Å². The van der Waals surface area contributed by atoms with Gasteiger partial charge in [0.25, 0.3) is 0 Å². The molecule has 66 valence electrons. The predicted octanol–water partition coefficient (Wildman–Crippen LogP) is 3.91. The molecule has 0 unspecified atom stereocenters. The minimum absolute atomic E-state index is 0.0699. The van der Waals surface area contributed by atoms with Crippen LogP contribution in [0.1, 0.15) is 52.4 Å². The Labute approximate surface area is 84.4 Å². The number of unbranched alkanes of at least 4 members (excludes halogenated alkanes) is 4. The van der Waals surface area contributed by atoms with Gasteiger partial charge in [-0.15, -0.1) is 0 Å². The Balaban J connectivity index is 2.69. The van der Waals surface area contributed by atoms with Crippen LogP contribution in [-0.2, 0) is 0 Å². The molecule has 0 aromatic carbocycles. The van der Waals surface area contributed by atoms with Crippen LogP contribution in [0.15, 0.2) is 0 Å². The van der Waals surface area contributed by atoms with Gasteiger partial charge in [-0.05, 0) is 0 Å². The summed E-state index contributed by atoms with van der Waals surface area (Å²) in [6.07, 6.45) is 8.87. The molecule has 0 amide bonds. The average Bonchev–Trinajstić information content (AvgIpc) is 2.03. The topological polar surface area (TPSA) is 0 Å². The van der Waals surface area contributed by atoms with Gasteiger partial charge in [-0.2, -0.15) is 0 Å². The van der Waals surface area contributed by atoms with E-state index >= 15 is 0 Å². The van der Waals surface area contributed by atoms with Crippen molar-refractivity contribution >= 4 is 24.2 Å². The van der Waals surface area contributed by atoms with E-state index in [2.05, 4.69) is 13.8 Å². The van der Waals surface area contributed by atoms with Crippen molar-refractivity contribution in [3.8, 4) is 0 Å². The maximum atomic E-state index is 2.30. The quantitative estimate of drug-likeness (QED) is 0.460. The first kappa shape index (κ1) is 11.9. The van der Waals surface area contributed by atoms with Crippen LogP contribution in [-0.4, -0.2) is 24.2 Å². The molecule has 0 spiro atoms. The zero-order valence-corrected chi connectivity index (χ0v) is 12.0. The predicted molar refractivity (Wildman–Crippen MR) is 54.4 cm³/mol. The van der Waals surface area contributed by atoms with Crippen LogP contribution in [0.4, 0.5) is 0 Å². The van der Waals surface area contributed by atoms with Crippen LogP contribution < -0.4 is 0 Å². The van der Waals surface area contributed by atoms with Crippen molar-refractivity contribution < 1.29 is 0 Å². The number of rotatable bonds is 8. The summed E-state index contributed by atoms with van der Waals surface area (Å²) in [6, 6.07) is 0. The van der Waals surface area contributed by atoms with Gasteiger partial charge < -0.3 is 0 Å². The molecule has 0 aliphatic carbocycles. The third-order valence-corrected chi connectivity index (χ3v) is 7.41. The van der Waals surface area contributed by atoms with E-state index in [0.29, 0.717) is 0 Å². The zero-order chi connectivity index (χ0) is 8.36. The Bertz CT molecular complexity index is 53.9. The van der Waals surface area contributed by atoms with Crippen LogP contribution in [0.5, 0.6) is 0 Å². The van der Waals surface area contributed by atoms with Crippen LogP contribution in [0, 0.1) is 0 Å². The summed E-state index contributed by atoms with van der Waals surface area (Å²) < 4.78 is 3.33. The summed E-state index contributed by atoms with van der Waals surface area (Å²) in [7, 11) is 0. The third-order valence-electron chi connectivity index (χ3n) is 1.91. The standard InChI is InChI=1S/2C5H11.Pb/c2*1-3-5-4-2;/h2*1,3-5H2,2H3;. The minimum atomic E-state index is -0.0699. The molecular formula is C10H22Pb. The summed E-state index contributed by atoms with van der Waals surface area (Å²) in [6.45, 7) is 4.59. The molecule has 11 heavy (non-hydrogen) atoms. The normalized spacial score (nSPS) is 10.4. The Morgan fingerprint density at radius 2 is 1.18 bits per heavy atom. The van der Waals surface area contributed by atoms with Gasteiger partial charge >= 0.3 is 84.6 Å². The van der Waals surface area contributed by atoms with E-state index in [1.807, 2.05) is 0 Å². The van der Waals surface area contributed by atoms with Crippen LogP contribution in [0.25, 0.3) is 0 Å². The Morgan fingerprint density at radius 3 is 1.55 bits per heavy atom. The molecule has 0 saturated heterocycles. The summed E-state index contributed by atoms with van der Waals surface area (Å²) in [5.74, 6) is 0. The number of hydrogen-bond acceptors (Lipinski definition) is 0. The second-order valence-electron chi connectivity index (χ2n) is 3.16. The molecule has 0 aliphatic heterocycles. The molecule has 0 aromatic rings. The van der Waals surface area contributed by atoms with Crippen molar-refractivity contribution in [2.75, 3.05) is 0 Å². The Hall–Kier alpha value is 0.922. The van der Waals surface area contributed by atoms with Gasteiger partial charge in [0.1, 0.15) is 0 Å². The number of hydrogen-bond donors (Lipinski definition) is 0. The summed E-state index contributed by atoms with van der Waals surface area (Å²) in [5, 5.41) is 0. The fraction of sp³-hybridized carbons (Fsp3) is 1.00. The fourth-order valence-electron chi connectivity index (χ4n) is 1.12. The Kier molecular flexibility index (Phi) is 11.8. The van der Waals surface area contributed by atoms with Crippen molar-refractivity contribution in [2.24, 2.45) is 0 Å². The van der Waals surface area contributed by atoms with E-state index in [1.54, 1.807) is 20.8 Å². The van der Waals surface area contributed by atoms with E-state index in [4.69, 9.17) is 0 Å². The molecule has 0 heterocycles. The van der Waals surface area contributed by atoms with Crippen LogP contribution in [0.3, 0.4) is 0 Å². The van der Waals surface area contributed by atoms with Crippen LogP contribution >= 0.6 is 0 Å². The molecule has 0 atom stereocenters. The zero-order valence-electron chi connectivity index (χ0n) is 8.16. The first-order valence-corrected chi connectivity index (χ1v) is 10.6. The SMILES string of the molecule is CCCC[CH2][Pb][CH2]CCCC. The first-order chi connectivity index (χ1) is 5.41. The second-order valence-corrected chi connectivity index (χ2v) is 9.00. The molecule has 0 aliphatic rings. The van der Waals surface area contributed by atoms with Crippen molar-refractivity contribution in [3.05, 3.63) is 0 Å². The van der Waals surface area contributed by atoms with Crippen molar-refractivity contribution in [3.63, 3.8) is 0 Å². The van der Waals surface area contributed by atoms with Crippen LogP contribution in [0.2, 0.25) is 7.96 Å². The second kappa shape index (κ2) is 10.9. The average molecular weight is 349 g/mol. The van der Waals surface area contributed by atoms with Gasteiger partial charge in [-0.3, -0.25) is 0 Å². The first-order valence-electron chi connectivity index (χ1n) is 5.12. The molecule has 0 nitrogen and oxygen atoms in total. The third kappa shape index (κ3) is 10.9. The maximum absolute atomic E-state index is 2.30. The molecule has 0 aromatic heterocycles. The molecular weight excluding hydrogens is 327 g/mol. The summed E-state index contributed by atoms with van der Waals surface area (Å²) in [4.78, 5) is 0. The van der Waals surface area contributed by atoms with Gasteiger partial charge in [0.2, 0.25) is 0 Å². The van der Waals surface area contributed by atoms with Gasteiger partial charge in [0.05, 0.1) is 0 Å². The van der Waals surface area contributed by atoms with E-state index in [-0.39, 0.29) is 24.2 Å². The van der Waals surface area contributed by atoms with Crippen molar-refractivity contribution in [1.29, 1.82) is 0 Å². The van der Waals surface area contributed by atoms with E-state index in [9.17, 15) is 0 Å². The monoisotopic (exact) mass is 350 g/mol. The molecule has 2 radical (unpaired) electrons. The Morgan fingerprint density at radius 1 is 0.727 bits per heavy atom. The molecule has 0 N–H and O–H groups in total. The van der Waals surface area contributed by atoms with Crippen molar-refractivity contribution in [1.82, 2.24) is 0 Å². The molecule has 0 fully saturated rings. The van der Waals surface area contributed by atoms with E-state index < -0.39 is 0 Å². The summed E-state index contributed by atoms with van der Waals surface area (Å²) in [5.41, 5.74) is 0.